The maximum Gasteiger partial charge on any atom is 0.184 e. The lowest BCUT2D eigenvalue weighted by Crippen LogP contribution is -2.71. The van der Waals surface area contributed by atoms with E-state index in [2.05, 4.69) is 26.0 Å². The quantitative estimate of drug-likeness (QED) is 0.194. The highest BCUT2D eigenvalue weighted by molar-refractivity contribution is 6.33. The fourth-order valence-corrected chi connectivity index (χ4v) is 6.83. The fraction of sp³-hybridized carbons (Fsp3) is 0.639. The number of fused-ring (bicyclic) bond motifs is 2. The van der Waals surface area contributed by atoms with Gasteiger partial charge in [0.05, 0.1) is 5.41 Å². The molecule has 2 aliphatic carbocycles. The summed E-state index contributed by atoms with van der Waals surface area (Å²) in [4.78, 5) is 44.8. The second kappa shape index (κ2) is 13.0. The van der Waals surface area contributed by atoms with Crippen molar-refractivity contribution in [3.05, 3.63) is 57.9 Å². The molecule has 4 heteroatoms. The molecule has 1 saturated carbocycles. The molecule has 0 radical (unpaired) electrons. The van der Waals surface area contributed by atoms with Gasteiger partial charge in [-0.3, -0.25) is 14.4 Å². The summed E-state index contributed by atoms with van der Waals surface area (Å²) < 4.78 is 0. The largest absolute Gasteiger partial charge is 0.511 e. The molecule has 5 atom stereocenters. The van der Waals surface area contributed by atoms with Crippen LogP contribution in [0, 0.1) is 28.1 Å². The number of aliphatic hydroxyl groups is 1. The Morgan fingerprint density at radius 3 is 1.98 bits per heavy atom. The summed E-state index contributed by atoms with van der Waals surface area (Å²) in [6, 6.07) is 0. The smallest absolute Gasteiger partial charge is 0.184 e. The van der Waals surface area contributed by atoms with Crippen molar-refractivity contribution in [2.24, 2.45) is 28.1 Å². The topological polar surface area (TPSA) is 71.4 Å². The van der Waals surface area contributed by atoms with Gasteiger partial charge in [-0.2, -0.15) is 0 Å². The van der Waals surface area contributed by atoms with Crippen molar-refractivity contribution in [1.82, 2.24) is 0 Å². The molecule has 2 aliphatic rings. The highest BCUT2D eigenvalue weighted by Crippen LogP contribution is 2.67. The minimum absolute atomic E-state index is 0.112. The predicted octanol–water partition coefficient (Wildman–Crippen LogP) is 9.38. The second-order valence-corrected chi connectivity index (χ2v) is 13.6. The van der Waals surface area contributed by atoms with Crippen molar-refractivity contribution in [3.8, 4) is 0 Å². The Morgan fingerprint density at radius 2 is 1.48 bits per heavy atom. The summed E-state index contributed by atoms with van der Waals surface area (Å²) in [5, 5.41) is 11.9. The van der Waals surface area contributed by atoms with E-state index in [0.717, 1.165) is 16.7 Å². The molecule has 2 bridgehead atoms. The number of ketones is 3. The van der Waals surface area contributed by atoms with E-state index in [-0.39, 0.29) is 41.7 Å². The van der Waals surface area contributed by atoms with Gasteiger partial charge in [0.25, 0.3) is 0 Å². The van der Waals surface area contributed by atoms with E-state index >= 15 is 4.79 Å². The number of carbonyl (C=O) groups is 3. The molecule has 4 nitrogen and oxygen atoms in total. The molecular formula is C36H54O4. The molecule has 0 spiro atoms. The lowest BCUT2D eigenvalue weighted by Gasteiger charge is -2.61. The molecule has 5 unspecified atom stereocenters. The van der Waals surface area contributed by atoms with Crippen LogP contribution in [0.4, 0.5) is 0 Å². The van der Waals surface area contributed by atoms with Crippen LogP contribution in [0.2, 0.25) is 0 Å². The monoisotopic (exact) mass is 550 g/mol. The maximum absolute atomic E-state index is 15.1. The van der Waals surface area contributed by atoms with Crippen LogP contribution in [-0.2, 0) is 14.4 Å². The first-order valence-corrected chi connectivity index (χ1v) is 15.1. The third-order valence-corrected chi connectivity index (χ3v) is 9.51. The summed E-state index contributed by atoms with van der Waals surface area (Å²) in [6.07, 6.45) is 11.6. The Bertz CT molecular complexity index is 1160. The summed E-state index contributed by atoms with van der Waals surface area (Å²) in [5.74, 6) is -1.81. The Hall–Kier alpha value is -2.49. The average Bonchev–Trinajstić information content (AvgIpc) is 2.86. The Kier molecular flexibility index (Phi) is 11.0. The molecule has 40 heavy (non-hydrogen) atoms. The van der Waals surface area contributed by atoms with Gasteiger partial charge >= 0.3 is 0 Å². The van der Waals surface area contributed by atoms with E-state index in [1.54, 1.807) is 0 Å². The SMILES string of the molecule is CCC(C)C(=O)C12C(=O)C(CC=C(C)C)=C(O)C(CC=C(C)C)(CC(CC=C(C)C)C1(C)CCC=C(C)C)C2=O. The van der Waals surface area contributed by atoms with Crippen LogP contribution < -0.4 is 0 Å². The van der Waals surface area contributed by atoms with E-state index in [1.807, 2.05) is 74.5 Å². The Morgan fingerprint density at radius 1 is 0.925 bits per heavy atom. The van der Waals surface area contributed by atoms with E-state index in [0.29, 0.717) is 32.1 Å². The summed E-state index contributed by atoms with van der Waals surface area (Å²) in [5.41, 5.74) is 0.600. The summed E-state index contributed by atoms with van der Waals surface area (Å²) >= 11 is 0. The van der Waals surface area contributed by atoms with Crippen molar-refractivity contribution < 1.29 is 19.5 Å². The van der Waals surface area contributed by atoms with Crippen LogP contribution in [0.1, 0.15) is 121 Å². The van der Waals surface area contributed by atoms with Crippen LogP contribution >= 0.6 is 0 Å². The average molecular weight is 551 g/mol. The van der Waals surface area contributed by atoms with Crippen molar-refractivity contribution in [3.63, 3.8) is 0 Å². The van der Waals surface area contributed by atoms with Crippen molar-refractivity contribution in [2.75, 3.05) is 0 Å². The molecule has 0 amide bonds. The third-order valence-electron chi connectivity index (χ3n) is 9.51. The standard InChI is InChI=1S/C36H54O4/c1-12-27(10)30(37)36-32(39)29(18-16-25(6)7)31(38)35(33(36)40,21-19-26(8)9)22-28(17-15-24(4)5)34(36,11)20-13-14-23(2)3/h14-16,19,27-28,38H,12-13,17-18,20-22H2,1-11H3. The predicted molar refractivity (Wildman–Crippen MR) is 166 cm³/mol. The Labute approximate surface area is 243 Å². The number of aliphatic hydroxyl groups excluding tert-OH is 1. The van der Waals surface area contributed by atoms with Crippen LogP contribution in [0.5, 0.6) is 0 Å². The van der Waals surface area contributed by atoms with Gasteiger partial charge in [0, 0.05) is 11.5 Å². The molecule has 0 aliphatic heterocycles. The van der Waals surface area contributed by atoms with Gasteiger partial charge in [-0.05, 0) is 112 Å². The number of hydrogen-bond acceptors (Lipinski definition) is 4. The lowest BCUT2D eigenvalue weighted by molar-refractivity contribution is -0.180. The number of allylic oxidation sites excluding steroid dienone is 10. The third kappa shape index (κ3) is 5.92. The first-order chi connectivity index (χ1) is 18.5. The van der Waals surface area contributed by atoms with Gasteiger partial charge in [0.2, 0.25) is 0 Å². The molecule has 222 valence electrons. The van der Waals surface area contributed by atoms with Crippen LogP contribution in [0.3, 0.4) is 0 Å². The van der Waals surface area contributed by atoms with Gasteiger partial charge in [-0.1, -0.05) is 67.4 Å². The first-order valence-electron chi connectivity index (χ1n) is 15.1. The molecule has 0 aromatic rings. The van der Waals surface area contributed by atoms with Crippen molar-refractivity contribution in [1.29, 1.82) is 0 Å². The van der Waals surface area contributed by atoms with E-state index in [4.69, 9.17) is 0 Å². The Balaban J connectivity index is 3.11. The summed E-state index contributed by atoms with van der Waals surface area (Å²) in [7, 11) is 0. The number of carbonyl (C=O) groups excluding carboxylic acids is 3. The van der Waals surface area contributed by atoms with Gasteiger partial charge in [0.1, 0.15) is 5.76 Å². The van der Waals surface area contributed by atoms with Gasteiger partial charge in [0.15, 0.2) is 22.8 Å². The van der Waals surface area contributed by atoms with E-state index in [1.165, 1.54) is 5.57 Å². The fourth-order valence-electron chi connectivity index (χ4n) is 6.83. The molecule has 0 aromatic heterocycles. The highest BCUT2D eigenvalue weighted by atomic mass is 16.3. The highest BCUT2D eigenvalue weighted by Gasteiger charge is 2.76. The van der Waals surface area contributed by atoms with Crippen LogP contribution in [0.15, 0.2) is 57.9 Å². The minimum Gasteiger partial charge on any atom is -0.511 e. The first kappa shape index (κ1) is 33.7. The van der Waals surface area contributed by atoms with Gasteiger partial charge in [-0.25, -0.2) is 0 Å². The van der Waals surface area contributed by atoms with Gasteiger partial charge in [-0.15, -0.1) is 0 Å². The maximum atomic E-state index is 15.1. The van der Waals surface area contributed by atoms with Crippen molar-refractivity contribution in [2.45, 2.75) is 121 Å². The minimum atomic E-state index is -1.83. The second-order valence-electron chi connectivity index (χ2n) is 13.6. The van der Waals surface area contributed by atoms with Crippen molar-refractivity contribution >= 4 is 17.3 Å². The van der Waals surface area contributed by atoms with Crippen LogP contribution in [-0.4, -0.2) is 22.5 Å². The van der Waals surface area contributed by atoms with E-state index in [9.17, 15) is 14.7 Å². The summed E-state index contributed by atoms with van der Waals surface area (Å²) in [6.45, 7) is 21.9. The zero-order valence-corrected chi connectivity index (χ0v) is 27.1. The van der Waals surface area contributed by atoms with E-state index < -0.39 is 27.9 Å². The molecule has 1 N–H and O–H groups in total. The number of rotatable bonds is 12. The molecule has 1 fully saturated rings. The molecule has 2 rings (SSSR count). The van der Waals surface area contributed by atoms with Crippen LogP contribution in [0.25, 0.3) is 0 Å². The zero-order chi connectivity index (χ0) is 30.6. The molecule has 0 saturated heterocycles. The van der Waals surface area contributed by atoms with Gasteiger partial charge < -0.3 is 5.11 Å². The lowest BCUT2D eigenvalue weighted by atomic mass is 9.37. The number of Topliss-reactive ketones (excluding diaryl/α,β-unsaturated/α-hetero) is 3. The number of hydrogen-bond donors (Lipinski definition) is 1. The molecule has 0 aromatic carbocycles. The molecule has 0 heterocycles. The normalized spacial score (nSPS) is 28.5. The molecular weight excluding hydrogens is 496 g/mol. The zero-order valence-electron chi connectivity index (χ0n) is 27.1.